The van der Waals surface area contributed by atoms with Gasteiger partial charge < -0.3 is 0 Å². The molecule has 0 rings (SSSR count). The van der Waals surface area contributed by atoms with Crippen molar-refractivity contribution in [1.82, 2.24) is 0 Å². The Hall–Kier alpha value is 4.04. The molecule has 0 saturated heterocycles. The van der Waals surface area contributed by atoms with Crippen LogP contribution in [-0.2, 0) is 32.7 Å². The minimum atomic E-state index is 0. The van der Waals surface area contributed by atoms with Crippen LogP contribution in [-0.4, -0.2) is 87.8 Å². The molecule has 0 aromatic rings. The number of hydrogen-bond acceptors (Lipinski definition) is 0. The number of rotatable bonds is 0. The van der Waals surface area contributed by atoms with Gasteiger partial charge in [-0.2, -0.15) is 0 Å². The van der Waals surface area contributed by atoms with Gasteiger partial charge in [-0.25, -0.2) is 0 Å². The molecule has 15 valence electrons. The van der Waals surface area contributed by atoms with E-state index in [0.717, 1.165) is 0 Å². The Morgan fingerprint density at radius 1 is 1.00 bits per heavy atom. The van der Waals surface area contributed by atoms with Gasteiger partial charge in [-0.1, -0.05) is 0 Å². The topological polar surface area (TPSA) is 0 Å². The maximum atomic E-state index is 0. The zero-order valence-electron chi connectivity index (χ0n) is 0.986. The molecule has 0 bridgehead atoms. The molecular weight excluding hydrogens is 264 g/mol. The molecular formula is H3ClCsLiY. The Bertz CT molecular complexity index is 8.00. The van der Waals surface area contributed by atoms with Crippen LogP contribution in [0.15, 0.2) is 0 Å². The van der Waals surface area contributed by atoms with Crippen LogP contribution in [0, 0.1) is 0 Å². The normalized spacial score (nSPS) is 0. The smallest absolute Gasteiger partial charge is 0 e. The van der Waals surface area contributed by atoms with E-state index in [1.54, 1.807) is 0 Å². The summed E-state index contributed by atoms with van der Waals surface area (Å²) in [6.45, 7) is 0. The van der Waals surface area contributed by atoms with Crippen molar-refractivity contribution in [2.75, 3.05) is 0 Å². The van der Waals surface area contributed by atoms with Crippen molar-refractivity contribution >= 4 is 100 Å². The van der Waals surface area contributed by atoms with Gasteiger partial charge in [0.25, 0.3) is 0 Å². The number of hydrogen-bond donors (Lipinski definition) is 0. The first-order valence-electron chi connectivity index (χ1n) is 0. The zero-order valence-corrected chi connectivity index (χ0v) is 4.64. The van der Waals surface area contributed by atoms with Crippen molar-refractivity contribution in [1.29, 1.82) is 0 Å². The van der Waals surface area contributed by atoms with Crippen LogP contribution in [0.4, 0.5) is 0 Å². The molecule has 0 saturated carbocycles. The molecule has 1 radical (unpaired) electrons. The molecule has 0 atom stereocenters. The second kappa shape index (κ2) is 15.7. The van der Waals surface area contributed by atoms with E-state index in [0.29, 0.717) is 0 Å². The Labute approximate surface area is 129 Å². The first-order chi connectivity index (χ1) is 0. The summed E-state index contributed by atoms with van der Waals surface area (Å²) in [6, 6.07) is 0. The van der Waals surface area contributed by atoms with Gasteiger partial charge in [-0.3, -0.25) is 0 Å². The summed E-state index contributed by atoms with van der Waals surface area (Å²) in [7, 11) is 0. The molecule has 0 spiro atoms. The molecule has 0 nitrogen and oxygen atoms in total. The van der Waals surface area contributed by atoms with Crippen LogP contribution in [0.2, 0.25) is 0 Å². The maximum Gasteiger partial charge on any atom is 0 e. The quantitative estimate of drug-likeness (QED) is 0.500. The fourth-order valence-corrected chi connectivity index (χ4v) is 0. The molecule has 0 aliphatic rings. The second-order valence-corrected chi connectivity index (χ2v) is 0. The van der Waals surface area contributed by atoms with Crippen LogP contribution in [0.1, 0.15) is 0 Å². The molecule has 0 amide bonds. The van der Waals surface area contributed by atoms with E-state index in [1.807, 2.05) is 0 Å². The summed E-state index contributed by atoms with van der Waals surface area (Å²) < 4.78 is 0. The molecule has 0 heterocycles. The molecule has 0 N–H and O–H groups in total. The van der Waals surface area contributed by atoms with Crippen molar-refractivity contribution < 1.29 is 32.7 Å². The van der Waals surface area contributed by atoms with Crippen molar-refractivity contribution in [3.8, 4) is 0 Å². The molecule has 0 aromatic carbocycles. The molecule has 0 aromatic heterocycles. The summed E-state index contributed by atoms with van der Waals surface area (Å²) in [5.41, 5.74) is 0. The second-order valence-electron chi connectivity index (χ2n) is 0. The third-order valence-electron chi connectivity index (χ3n) is 0. The molecule has 0 unspecified atom stereocenters. The third-order valence-corrected chi connectivity index (χ3v) is 0. The first-order valence-corrected chi connectivity index (χ1v) is 0. The van der Waals surface area contributed by atoms with E-state index in [9.17, 15) is 0 Å². The predicted octanol–water partition coefficient (Wildman–Crippen LogP) is -0.878. The van der Waals surface area contributed by atoms with Crippen LogP contribution in [0.5, 0.6) is 0 Å². The fraction of sp³-hybridized carbons (Fsp3) is 0. The first kappa shape index (κ1) is 24.4. The van der Waals surface area contributed by atoms with E-state index in [4.69, 9.17) is 0 Å². The third kappa shape index (κ3) is 9.40. The van der Waals surface area contributed by atoms with Crippen molar-refractivity contribution in [3.05, 3.63) is 0 Å². The summed E-state index contributed by atoms with van der Waals surface area (Å²) >= 11 is 0. The van der Waals surface area contributed by atoms with E-state index < -0.39 is 0 Å². The SMILES string of the molecule is Cl.[CsH].[LiH].[Y]. The van der Waals surface area contributed by atoms with Crippen molar-refractivity contribution in [2.45, 2.75) is 0 Å². The van der Waals surface area contributed by atoms with Gasteiger partial charge in [0.15, 0.2) is 0 Å². The molecule has 0 fully saturated rings. The Morgan fingerprint density at radius 3 is 1.00 bits per heavy atom. The van der Waals surface area contributed by atoms with E-state index in [2.05, 4.69) is 0 Å². The summed E-state index contributed by atoms with van der Waals surface area (Å²) in [6.07, 6.45) is 0. The van der Waals surface area contributed by atoms with Crippen LogP contribution in [0.25, 0.3) is 0 Å². The Kier molecular flexibility index (Phi) is 96.0. The van der Waals surface area contributed by atoms with Crippen LogP contribution >= 0.6 is 12.4 Å². The Morgan fingerprint density at radius 2 is 1.00 bits per heavy atom. The van der Waals surface area contributed by atoms with Gasteiger partial charge in [0.05, 0.1) is 0 Å². The average molecular weight is 267 g/mol. The van der Waals surface area contributed by atoms with Gasteiger partial charge in [0.1, 0.15) is 0 Å². The zero-order chi connectivity index (χ0) is 0. The van der Waals surface area contributed by atoms with Gasteiger partial charge >= 0.3 is 87.8 Å². The van der Waals surface area contributed by atoms with Crippen molar-refractivity contribution in [2.24, 2.45) is 0 Å². The molecule has 0 aliphatic carbocycles. The van der Waals surface area contributed by atoms with Gasteiger partial charge in [-0.15, -0.1) is 12.4 Å². The Balaban J connectivity index is 0. The van der Waals surface area contributed by atoms with E-state index >= 15 is 0 Å². The molecule has 0 aliphatic heterocycles. The van der Waals surface area contributed by atoms with Gasteiger partial charge in [0, 0.05) is 32.7 Å². The standard InChI is InChI=1S/ClH.Cs.Li.Y.2H/h1H;;;;;. The van der Waals surface area contributed by atoms with Gasteiger partial charge in [0.2, 0.25) is 0 Å². The maximum absolute atomic E-state index is 0. The predicted molar refractivity (Wildman–Crippen MR) is 21.5 cm³/mol. The van der Waals surface area contributed by atoms with Gasteiger partial charge in [-0.05, 0) is 0 Å². The van der Waals surface area contributed by atoms with E-state index in [-0.39, 0.29) is 133 Å². The summed E-state index contributed by atoms with van der Waals surface area (Å²) in [5.74, 6) is 0. The largest absolute Gasteiger partial charge is 0 e. The minimum absolute atomic E-state index is 0. The summed E-state index contributed by atoms with van der Waals surface area (Å²) in [5, 5.41) is 0. The molecule has 4 heavy (non-hydrogen) atoms. The average Bonchev–Trinajstić information content (AvgIpc) is 0. The minimum Gasteiger partial charge on any atom is 0 e. The van der Waals surface area contributed by atoms with Crippen LogP contribution in [0.3, 0.4) is 0 Å². The van der Waals surface area contributed by atoms with Crippen molar-refractivity contribution in [3.63, 3.8) is 0 Å². The number of halogens is 1. The summed E-state index contributed by atoms with van der Waals surface area (Å²) in [4.78, 5) is 0. The van der Waals surface area contributed by atoms with Crippen LogP contribution < -0.4 is 0 Å². The monoisotopic (exact) mass is 267 g/mol. The fourth-order valence-electron chi connectivity index (χ4n) is 0. The van der Waals surface area contributed by atoms with E-state index in [1.165, 1.54) is 0 Å². The molecule has 4 heteroatoms.